The fourth-order valence-electron chi connectivity index (χ4n) is 2.35. The molecule has 1 aromatic heterocycles. The first kappa shape index (κ1) is 18.6. The number of rotatable bonds is 7. The molecule has 0 radical (unpaired) electrons. The normalized spacial score (nSPS) is 10.3. The summed E-state index contributed by atoms with van der Waals surface area (Å²) in [6.07, 6.45) is 0. The molecule has 7 heteroatoms. The third kappa shape index (κ3) is 5.15. The molecule has 0 spiro atoms. The van der Waals surface area contributed by atoms with Gasteiger partial charge in [0.1, 0.15) is 11.6 Å². The first-order chi connectivity index (χ1) is 13.1. The molecule has 0 saturated carbocycles. The number of halogens is 1. The number of anilines is 1. The maximum absolute atomic E-state index is 13.6. The standard InChI is InChI=1S/C20H17FN2O3S/c21-16-8-2-3-9-17(16)23-19(24)13-26-18-10-4-1-7-15(18)20(25)22-12-14-6-5-11-27-14/h1-11H,12-13H2,(H,22,25)(H,23,24). The van der Waals surface area contributed by atoms with Gasteiger partial charge in [0.2, 0.25) is 0 Å². The highest BCUT2D eigenvalue weighted by atomic mass is 32.1. The van der Waals surface area contributed by atoms with Crippen molar-refractivity contribution < 1.29 is 18.7 Å². The molecular weight excluding hydrogens is 367 g/mol. The van der Waals surface area contributed by atoms with Gasteiger partial charge in [0, 0.05) is 4.88 Å². The molecule has 0 saturated heterocycles. The summed E-state index contributed by atoms with van der Waals surface area (Å²) >= 11 is 1.55. The Hall–Kier alpha value is -3.19. The summed E-state index contributed by atoms with van der Waals surface area (Å²) in [5.74, 6) is -1.06. The molecule has 2 amide bonds. The van der Waals surface area contributed by atoms with Crippen LogP contribution in [-0.4, -0.2) is 18.4 Å². The van der Waals surface area contributed by atoms with Crippen molar-refractivity contribution in [3.05, 3.63) is 82.3 Å². The Balaban J connectivity index is 1.59. The number of carbonyl (C=O) groups is 2. The molecule has 2 aromatic carbocycles. The first-order valence-electron chi connectivity index (χ1n) is 8.20. The predicted molar refractivity (Wildman–Crippen MR) is 102 cm³/mol. The third-order valence-corrected chi connectivity index (χ3v) is 4.52. The van der Waals surface area contributed by atoms with Gasteiger partial charge in [-0.25, -0.2) is 4.39 Å². The van der Waals surface area contributed by atoms with Crippen molar-refractivity contribution in [2.45, 2.75) is 6.54 Å². The van der Waals surface area contributed by atoms with Crippen molar-refractivity contribution in [2.24, 2.45) is 0 Å². The van der Waals surface area contributed by atoms with E-state index in [1.807, 2.05) is 17.5 Å². The van der Waals surface area contributed by atoms with Crippen LogP contribution in [-0.2, 0) is 11.3 Å². The van der Waals surface area contributed by atoms with Crippen molar-refractivity contribution in [3.8, 4) is 5.75 Å². The monoisotopic (exact) mass is 384 g/mol. The largest absolute Gasteiger partial charge is 0.483 e. The topological polar surface area (TPSA) is 67.4 Å². The molecule has 27 heavy (non-hydrogen) atoms. The van der Waals surface area contributed by atoms with Crippen LogP contribution in [0.15, 0.2) is 66.0 Å². The van der Waals surface area contributed by atoms with Crippen LogP contribution in [0.1, 0.15) is 15.2 Å². The average Bonchev–Trinajstić information content (AvgIpc) is 3.20. The molecule has 0 unspecified atom stereocenters. The Bertz CT molecular complexity index is 928. The number of hydrogen-bond donors (Lipinski definition) is 2. The highest BCUT2D eigenvalue weighted by Gasteiger charge is 2.14. The van der Waals surface area contributed by atoms with Gasteiger partial charge in [-0.2, -0.15) is 0 Å². The molecule has 2 N–H and O–H groups in total. The molecule has 138 valence electrons. The summed E-state index contributed by atoms with van der Waals surface area (Å²) in [5.41, 5.74) is 0.404. The van der Waals surface area contributed by atoms with Crippen LogP contribution in [0.4, 0.5) is 10.1 Å². The van der Waals surface area contributed by atoms with Crippen molar-refractivity contribution in [3.63, 3.8) is 0 Å². The minimum atomic E-state index is -0.529. The zero-order valence-corrected chi connectivity index (χ0v) is 15.1. The van der Waals surface area contributed by atoms with E-state index in [0.29, 0.717) is 12.1 Å². The zero-order chi connectivity index (χ0) is 19.1. The van der Waals surface area contributed by atoms with Gasteiger partial charge in [0.15, 0.2) is 6.61 Å². The molecule has 0 bridgehead atoms. The number of thiophene rings is 1. The van der Waals surface area contributed by atoms with E-state index in [4.69, 9.17) is 4.74 Å². The van der Waals surface area contributed by atoms with Gasteiger partial charge in [0.25, 0.3) is 11.8 Å². The van der Waals surface area contributed by atoms with Gasteiger partial charge in [-0.05, 0) is 35.7 Å². The molecule has 3 aromatic rings. The average molecular weight is 384 g/mol. The summed E-state index contributed by atoms with van der Waals surface area (Å²) in [5, 5.41) is 7.19. The molecule has 0 aliphatic rings. The summed E-state index contributed by atoms with van der Waals surface area (Å²) in [7, 11) is 0. The summed E-state index contributed by atoms with van der Waals surface area (Å²) in [6.45, 7) is 0.0716. The smallest absolute Gasteiger partial charge is 0.262 e. The van der Waals surface area contributed by atoms with Crippen LogP contribution in [0, 0.1) is 5.82 Å². The highest BCUT2D eigenvalue weighted by Crippen LogP contribution is 2.19. The molecule has 0 aliphatic heterocycles. The quantitative estimate of drug-likeness (QED) is 0.650. The van der Waals surface area contributed by atoms with E-state index in [2.05, 4.69) is 10.6 Å². The van der Waals surface area contributed by atoms with Crippen LogP contribution < -0.4 is 15.4 Å². The Kier molecular flexibility index (Phi) is 6.17. The van der Waals surface area contributed by atoms with E-state index < -0.39 is 11.7 Å². The predicted octanol–water partition coefficient (Wildman–Crippen LogP) is 3.83. The fourth-order valence-corrected chi connectivity index (χ4v) is 2.99. The van der Waals surface area contributed by atoms with E-state index in [-0.39, 0.29) is 24.0 Å². The fraction of sp³-hybridized carbons (Fsp3) is 0.100. The van der Waals surface area contributed by atoms with Gasteiger partial charge >= 0.3 is 0 Å². The molecule has 3 rings (SSSR count). The van der Waals surface area contributed by atoms with E-state index in [0.717, 1.165) is 4.88 Å². The van der Waals surface area contributed by atoms with Crippen molar-refractivity contribution in [1.29, 1.82) is 0 Å². The van der Waals surface area contributed by atoms with Gasteiger partial charge in [-0.3, -0.25) is 9.59 Å². The number of para-hydroxylation sites is 2. The van der Waals surface area contributed by atoms with Crippen molar-refractivity contribution in [2.75, 3.05) is 11.9 Å². The molecule has 5 nitrogen and oxygen atoms in total. The van der Waals surface area contributed by atoms with Crippen LogP contribution in [0.3, 0.4) is 0 Å². The van der Waals surface area contributed by atoms with E-state index >= 15 is 0 Å². The number of nitrogens with one attached hydrogen (secondary N) is 2. The third-order valence-electron chi connectivity index (χ3n) is 3.64. The Morgan fingerprint density at radius 2 is 1.78 bits per heavy atom. The first-order valence-corrected chi connectivity index (χ1v) is 9.08. The molecule has 1 heterocycles. The lowest BCUT2D eigenvalue weighted by Gasteiger charge is -2.12. The molecule has 0 aliphatic carbocycles. The van der Waals surface area contributed by atoms with Crippen LogP contribution in [0.25, 0.3) is 0 Å². The van der Waals surface area contributed by atoms with Gasteiger partial charge in [0.05, 0.1) is 17.8 Å². The number of carbonyl (C=O) groups excluding carboxylic acids is 2. The van der Waals surface area contributed by atoms with Crippen LogP contribution in [0.2, 0.25) is 0 Å². The maximum Gasteiger partial charge on any atom is 0.262 e. The molecule has 0 atom stereocenters. The zero-order valence-electron chi connectivity index (χ0n) is 14.3. The van der Waals surface area contributed by atoms with E-state index in [1.54, 1.807) is 41.7 Å². The van der Waals surface area contributed by atoms with Crippen molar-refractivity contribution in [1.82, 2.24) is 5.32 Å². The van der Waals surface area contributed by atoms with Crippen LogP contribution in [0.5, 0.6) is 5.75 Å². The van der Waals surface area contributed by atoms with Crippen molar-refractivity contribution >= 4 is 28.8 Å². The molecule has 0 fully saturated rings. The lowest BCUT2D eigenvalue weighted by molar-refractivity contribution is -0.118. The minimum Gasteiger partial charge on any atom is -0.483 e. The van der Waals surface area contributed by atoms with E-state index in [9.17, 15) is 14.0 Å². The lowest BCUT2D eigenvalue weighted by atomic mass is 10.2. The van der Waals surface area contributed by atoms with Gasteiger partial charge in [-0.1, -0.05) is 30.3 Å². The Morgan fingerprint density at radius 3 is 2.56 bits per heavy atom. The lowest BCUT2D eigenvalue weighted by Crippen LogP contribution is -2.25. The summed E-state index contributed by atoms with van der Waals surface area (Å²) < 4.78 is 19.1. The van der Waals surface area contributed by atoms with Gasteiger partial charge < -0.3 is 15.4 Å². The highest BCUT2D eigenvalue weighted by molar-refractivity contribution is 7.09. The number of benzene rings is 2. The Labute approximate surface area is 159 Å². The SMILES string of the molecule is O=C(COc1ccccc1C(=O)NCc1cccs1)Nc1ccccc1F. The second-order valence-electron chi connectivity index (χ2n) is 5.57. The maximum atomic E-state index is 13.6. The van der Waals surface area contributed by atoms with E-state index in [1.165, 1.54) is 18.2 Å². The Morgan fingerprint density at radius 1 is 1.00 bits per heavy atom. The number of hydrogen-bond acceptors (Lipinski definition) is 4. The minimum absolute atomic E-state index is 0.0769. The summed E-state index contributed by atoms with van der Waals surface area (Å²) in [4.78, 5) is 25.4. The van der Waals surface area contributed by atoms with Crippen LogP contribution >= 0.6 is 11.3 Å². The summed E-state index contributed by atoms with van der Waals surface area (Å²) in [6, 6.07) is 16.4. The molecular formula is C20H17FN2O3S. The number of amides is 2. The second kappa shape index (κ2) is 8.95. The van der Waals surface area contributed by atoms with Gasteiger partial charge in [-0.15, -0.1) is 11.3 Å². The number of ether oxygens (including phenoxy) is 1. The second-order valence-corrected chi connectivity index (χ2v) is 6.61.